The van der Waals surface area contributed by atoms with Gasteiger partial charge >= 0.3 is 0 Å². The fourth-order valence-corrected chi connectivity index (χ4v) is 2.18. The maximum absolute atomic E-state index is 12.1. The molecule has 2 aromatic carbocycles. The van der Waals surface area contributed by atoms with E-state index in [0.717, 1.165) is 22.9 Å². The van der Waals surface area contributed by atoms with Crippen molar-refractivity contribution in [2.24, 2.45) is 5.92 Å². The summed E-state index contributed by atoms with van der Waals surface area (Å²) in [5, 5.41) is 5.96. The van der Waals surface area contributed by atoms with E-state index in [1.165, 1.54) is 0 Å². The first-order chi connectivity index (χ1) is 12.1. The van der Waals surface area contributed by atoms with Gasteiger partial charge in [0.25, 0.3) is 0 Å². The van der Waals surface area contributed by atoms with Gasteiger partial charge in [-0.15, -0.1) is 0 Å². The van der Waals surface area contributed by atoms with Gasteiger partial charge in [0.15, 0.2) is 0 Å². The number of benzene rings is 2. The van der Waals surface area contributed by atoms with E-state index in [9.17, 15) is 4.79 Å². The van der Waals surface area contributed by atoms with Crippen molar-refractivity contribution in [1.29, 1.82) is 0 Å². The summed E-state index contributed by atoms with van der Waals surface area (Å²) < 4.78 is 11.1. The Morgan fingerprint density at radius 2 is 1.64 bits per heavy atom. The quantitative estimate of drug-likeness (QED) is 0.718. The number of carbonyl (C=O) groups is 1. The SMILES string of the molecule is CCOc1cccc(NCC(=O)Nc2cccc(OCC(C)C)c2)c1. The summed E-state index contributed by atoms with van der Waals surface area (Å²) in [6, 6.07) is 15.0. The molecule has 2 aromatic rings. The molecule has 0 aliphatic carbocycles. The van der Waals surface area contributed by atoms with Gasteiger partial charge in [-0.05, 0) is 37.1 Å². The summed E-state index contributed by atoms with van der Waals surface area (Å²) in [6.45, 7) is 7.56. The molecule has 0 spiro atoms. The van der Waals surface area contributed by atoms with E-state index in [0.29, 0.717) is 19.1 Å². The third-order valence-electron chi connectivity index (χ3n) is 3.30. The van der Waals surface area contributed by atoms with Crippen LogP contribution in [0.3, 0.4) is 0 Å². The summed E-state index contributed by atoms with van der Waals surface area (Å²) in [5.74, 6) is 1.87. The van der Waals surface area contributed by atoms with Crippen LogP contribution >= 0.6 is 0 Å². The van der Waals surface area contributed by atoms with Gasteiger partial charge in [0.1, 0.15) is 11.5 Å². The van der Waals surface area contributed by atoms with E-state index in [1.54, 1.807) is 0 Å². The molecule has 25 heavy (non-hydrogen) atoms. The van der Waals surface area contributed by atoms with Crippen LogP contribution in [0.2, 0.25) is 0 Å². The van der Waals surface area contributed by atoms with Gasteiger partial charge in [-0.3, -0.25) is 4.79 Å². The Hall–Kier alpha value is -2.69. The largest absolute Gasteiger partial charge is 0.494 e. The predicted molar refractivity (Wildman–Crippen MR) is 102 cm³/mol. The van der Waals surface area contributed by atoms with Crippen LogP contribution in [-0.4, -0.2) is 25.7 Å². The van der Waals surface area contributed by atoms with Crippen LogP contribution in [-0.2, 0) is 4.79 Å². The molecule has 0 saturated carbocycles. The predicted octanol–water partition coefficient (Wildman–Crippen LogP) is 4.17. The molecule has 0 aliphatic rings. The van der Waals surface area contributed by atoms with E-state index in [1.807, 2.05) is 55.5 Å². The third-order valence-corrected chi connectivity index (χ3v) is 3.30. The summed E-state index contributed by atoms with van der Waals surface area (Å²) in [5.41, 5.74) is 1.56. The molecule has 0 radical (unpaired) electrons. The van der Waals surface area contributed by atoms with Gasteiger partial charge in [0.05, 0.1) is 19.8 Å². The molecular formula is C20H26N2O3. The first-order valence-electron chi connectivity index (χ1n) is 8.56. The molecular weight excluding hydrogens is 316 g/mol. The lowest BCUT2D eigenvalue weighted by molar-refractivity contribution is -0.114. The maximum atomic E-state index is 12.1. The highest BCUT2D eigenvalue weighted by atomic mass is 16.5. The van der Waals surface area contributed by atoms with Gasteiger partial charge in [0, 0.05) is 23.5 Å². The third kappa shape index (κ3) is 6.75. The average Bonchev–Trinajstić information content (AvgIpc) is 2.59. The van der Waals surface area contributed by atoms with Crippen molar-refractivity contribution in [3.63, 3.8) is 0 Å². The molecule has 5 heteroatoms. The topological polar surface area (TPSA) is 59.6 Å². The number of anilines is 2. The lowest BCUT2D eigenvalue weighted by Crippen LogP contribution is -2.21. The lowest BCUT2D eigenvalue weighted by atomic mass is 10.2. The van der Waals surface area contributed by atoms with E-state index in [2.05, 4.69) is 24.5 Å². The Morgan fingerprint density at radius 1 is 1.00 bits per heavy atom. The minimum Gasteiger partial charge on any atom is -0.494 e. The Bertz CT molecular complexity index is 686. The van der Waals surface area contributed by atoms with Crippen LogP contribution in [0, 0.1) is 5.92 Å². The number of rotatable bonds is 9. The van der Waals surface area contributed by atoms with E-state index >= 15 is 0 Å². The van der Waals surface area contributed by atoms with Gasteiger partial charge in [-0.1, -0.05) is 26.0 Å². The normalized spacial score (nSPS) is 10.4. The highest BCUT2D eigenvalue weighted by Gasteiger charge is 2.05. The van der Waals surface area contributed by atoms with E-state index < -0.39 is 0 Å². The number of carbonyl (C=O) groups excluding carboxylic acids is 1. The van der Waals surface area contributed by atoms with E-state index in [-0.39, 0.29) is 12.5 Å². The van der Waals surface area contributed by atoms with Gasteiger partial charge in [0.2, 0.25) is 5.91 Å². The molecule has 0 aliphatic heterocycles. The van der Waals surface area contributed by atoms with Crippen molar-refractivity contribution in [2.45, 2.75) is 20.8 Å². The van der Waals surface area contributed by atoms with Crippen LogP contribution in [0.4, 0.5) is 11.4 Å². The lowest BCUT2D eigenvalue weighted by Gasteiger charge is -2.12. The van der Waals surface area contributed by atoms with Gasteiger partial charge in [-0.25, -0.2) is 0 Å². The molecule has 134 valence electrons. The molecule has 2 N–H and O–H groups in total. The first kappa shape index (κ1) is 18.6. The zero-order valence-electron chi connectivity index (χ0n) is 15.0. The molecule has 0 fully saturated rings. The van der Waals surface area contributed by atoms with Crippen LogP contribution < -0.4 is 20.1 Å². The fraction of sp³-hybridized carbons (Fsp3) is 0.350. The second-order valence-corrected chi connectivity index (χ2v) is 6.10. The first-order valence-corrected chi connectivity index (χ1v) is 8.56. The molecule has 1 amide bonds. The van der Waals surface area contributed by atoms with Crippen molar-refractivity contribution in [3.8, 4) is 11.5 Å². The standard InChI is InChI=1S/C20H26N2O3/c1-4-24-18-9-5-7-16(11-18)21-13-20(23)22-17-8-6-10-19(12-17)25-14-15(2)3/h5-12,15,21H,4,13-14H2,1-3H3,(H,22,23). The highest BCUT2D eigenvalue weighted by molar-refractivity contribution is 5.93. The number of nitrogens with one attached hydrogen (secondary N) is 2. The summed E-state index contributed by atoms with van der Waals surface area (Å²) >= 11 is 0. The molecule has 5 nitrogen and oxygen atoms in total. The van der Waals surface area contributed by atoms with Crippen LogP contribution in [0.5, 0.6) is 11.5 Å². The number of ether oxygens (including phenoxy) is 2. The van der Waals surface area contributed by atoms with Gasteiger partial charge in [-0.2, -0.15) is 0 Å². The molecule has 0 unspecified atom stereocenters. The molecule has 0 bridgehead atoms. The molecule has 0 saturated heterocycles. The minimum absolute atomic E-state index is 0.122. The van der Waals surface area contributed by atoms with Crippen LogP contribution in [0.1, 0.15) is 20.8 Å². The summed E-state index contributed by atoms with van der Waals surface area (Å²) in [4.78, 5) is 12.1. The number of hydrogen-bond donors (Lipinski definition) is 2. The minimum atomic E-state index is -0.122. The second kappa shape index (κ2) is 9.57. The van der Waals surface area contributed by atoms with Crippen molar-refractivity contribution in [3.05, 3.63) is 48.5 Å². The number of hydrogen-bond acceptors (Lipinski definition) is 4. The highest BCUT2D eigenvalue weighted by Crippen LogP contribution is 2.19. The zero-order valence-corrected chi connectivity index (χ0v) is 15.0. The van der Waals surface area contributed by atoms with Gasteiger partial charge < -0.3 is 20.1 Å². The van der Waals surface area contributed by atoms with Crippen molar-refractivity contribution < 1.29 is 14.3 Å². The smallest absolute Gasteiger partial charge is 0.243 e. The second-order valence-electron chi connectivity index (χ2n) is 6.10. The van der Waals surface area contributed by atoms with Crippen molar-refractivity contribution in [2.75, 3.05) is 30.4 Å². The fourth-order valence-electron chi connectivity index (χ4n) is 2.18. The molecule has 0 aromatic heterocycles. The number of amides is 1. The maximum Gasteiger partial charge on any atom is 0.243 e. The Balaban J connectivity index is 1.85. The Morgan fingerprint density at radius 3 is 2.32 bits per heavy atom. The molecule has 2 rings (SSSR count). The molecule has 0 atom stereocenters. The monoisotopic (exact) mass is 342 g/mol. The van der Waals surface area contributed by atoms with Crippen molar-refractivity contribution >= 4 is 17.3 Å². The van der Waals surface area contributed by atoms with Crippen LogP contribution in [0.15, 0.2) is 48.5 Å². The molecule has 0 heterocycles. The summed E-state index contributed by atoms with van der Waals surface area (Å²) in [7, 11) is 0. The summed E-state index contributed by atoms with van der Waals surface area (Å²) in [6.07, 6.45) is 0. The average molecular weight is 342 g/mol. The Kier molecular flexibility index (Phi) is 7.14. The van der Waals surface area contributed by atoms with E-state index in [4.69, 9.17) is 9.47 Å². The Labute approximate surface area is 149 Å². The van der Waals surface area contributed by atoms with Crippen molar-refractivity contribution in [1.82, 2.24) is 0 Å². The zero-order chi connectivity index (χ0) is 18.1. The van der Waals surface area contributed by atoms with Crippen LogP contribution in [0.25, 0.3) is 0 Å².